The van der Waals surface area contributed by atoms with E-state index in [1.807, 2.05) is 27.7 Å². The van der Waals surface area contributed by atoms with Crippen LogP contribution in [0.4, 0.5) is 0 Å². The number of hydrogen-bond donors (Lipinski definition) is 2. The summed E-state index contributed by atoms with van der Waals surface area (Å²) in [6.07, 6.45) is 2.89. The van der Waals surface area contributed by atoms with Gasteiger partial charge in [-0.2, -0.15) is 0 Å². The Balaban J connectivity index is 2.33. The molecule has 0 aromatic carbocycles. The van der Waals surface area contributed by atoms with Crippen LogP contribution >= 0.6 is 0 Å². The van der Waals surface area contributed by atoms with Gasteiger partial charge in [0.05, 0.1) is 11.7 Å². The lowest BCUT2D eigenvalue weighted by Gasteiger charge is -2.37. The molecule has 0 heterocycles. The van der Waals surface area contributed by atoms with Gasteiger partial charge in [0, 0.05) is 5.41 Å². The summed E-state index contributed by atoms with van der Waals surface area (Å²) < 4.78 is 5.59. The van der Waals surface area contributed by atoms with Crippen molar-refractivity contribution in [1.82, 2.24) is 0 Å². The zero-order valence-corrected chi connectivity index (χ0v) is 10.5. The van der Waals surface area contributed by atoms with E-state index in [9.17, 15) is 10.2 Å². The van der Waals surface area contributed by atoms with Crippen LogP contribution in [-0.2, 0) is 4.74 Å². The maximum atomic E-state index is 10.7. The third-order valence-corrected chi connectivity index (χ3v) is 4.37. The van der Waals surface area contributed by atoms with Crippen molar-refractivity contribution in [3.05, 3.63) is 11.8 Å². The lowest BCUT2D eigenvalue weighted by molar-refractivity contribution is -0.0800. The Morgan fingerprint density at radius 2 is 2.12 bits per heavy atom. The zero-order chi connectivity index (χ0) is 12.1. The third-order valence-electron chi connectivity index (χ3n) is 4.37. The average molecular weight is 226 g/mol. The Labute approximate surface area is 97.1 Å². The van der Waals surface area contributed by atoms with Crippen LogP contribution < -0.4 is 0 Å². The summed E-state index contributed by atoms with van der Waals surface area (Å²) in [6.45, 7) is 7.84. The zero-order valence-electron chi connectivity index (χ0n) is 10.5. The Bertz CT molecular complexity index is 323. The van der Waals surface area contributed by atoms with Crippen molar-refractivity contribution >= 4 is 0 Å². The van der Waals surface area contributed by atoms with Crippen LogP contribution in [0.5, 0.6) is 0 Å². The van der Waals surface area contributed by atoms with E-state index in [0.717, 1.165) is 12.8 Å². The Kier molecular flexibility index (Phi) is 2.59. The maximum Gasteiger partial charge on any atom is 0.124 e. The van der Waals surface area contributed by atoms with Crippen LogP contribution in [0.25, 0.3) is 0 Å². The van der Waals surface area contributed by atoms with Crippen molar-refractivity contribution in [2.75, 3.05) is 0 Å². The van der Waals surface area contributed by atoms with E-state index >= 15 is 0 Å². The monoisotopic (exact) mass is 226 g/mol. The van der Waals surface area contributed by atoms with Crippen LogP contribution in [0, 0.1) is 11.3 Å². The van der Waals surface area contributed by atoms with E-state index in [1.165, 1.54) is 0 Å². The molecule has 2 aliphatic rings. The predicted molar refractivity (Wildman–Crippen MR) is 61.8 cm³/mol. The molecule has 0 saturated heterocycles. The minimum atomic E-state index is -0.906. The molecule has 16 heavy (non-hydrogen) atoms. The molecular formula is C13H22O3. The Morgan fingerprint density at radius 3 is 2.62 bits per heavy atom. The molecule has 0 spiro atoms. The molecule has 1 fully saturated rings. The van der Waals surface area contributed by atoms with Gasteiger partial charge in [-0.3, -0.25) is 0 Å². The smallest absolute Gasteiger partial charge is 0.124 e. The summed E-state index contributed by atoms with van der Waals surface area (Å²) in [7, 11) is 0. The molecular weight excluding hydrogens is 204 g/mol. The van der Waals surface area contributed by atoms with E-state index in [-0.39, 0.29) is 12.0 Å². The minimum absolute atomic E-state index is 0.0298. The van der Waals surface area contributed by atoms with E-state index in [1.54, 1.807) is 6.08 Å². The van der Waals surface area contributed by atoms with Gasteiger partial charge in [0.25, 0.3) is 0 Å². The quantitative estimate of drug-likeness (QED) is 0.755. The summed E-state index contributed by atoms with van der Waals surface area (Å²) in [5.74, 6) is 0.729. The first kappa shape index (κ1) is 11.9. The van der Waals surface area contributed by atoms with Crippen LogP contribution in [0.1, 0.15) is 40.5 Å². The van der Waals surface area contributed by atoms with E-state index in [2.05, 4.69) is 0 Å². The molecule has 1 saturated carbocycles. The lowest BCUT2D eigenvalue weighted by Crippen LogP contribution is -2.46. The first-order valence-corrected chi connectivity index (χ1v) is 6.11. The molecule has 0 aliphatic heterocycles. The summed E-state index contributed by atoms with van der Waals surface area (Å²) in [6, 6.07) is 0. The van der Waals surface area contributed by atoms with Crippen molar-refractivity contribution in [3.8, 4) is 0 Å². The number of fused-ring (bicyclic) bond motifs is 1. The molecule has 2 rings (SSSR count). The summed E-state index contributed by atoms with van der Waals surface area (Å²) >= 11 is 0. The van der Waals surface area contributed by atoms with Gasteiger partial charge in [-0.25, -0.2) is 0 Å². The highest BCUT2D eigenvalue weighted by Gasteiger charge is 2.62. The molecule has 2 N–H and O–H groups in total. The predicted octanol–water partition coefficient (Wildman–Crippen LogP) is 1.84. The van der Waals surface area contributed by atoms with Crippen molar-refractivity contribution < 1.29 is 14.9 Å². The van der Waals surface area contributed by atoms with Crippen LogP contribution in [0.3, 0.4) is 0 Å². The summed E-state index contributed by atoms with van der Waals surface area (Å²) in [5, 5.41) is 21.0. The SMILES string of the molecule is CC(C)OC1=C[C@]2(O)[C@H](C)CC[C@]2(C)[C@@H]1O. The highest BCUT2D eigenvalue weighted by atomic mass is 16.5. The molecule has 2 aliphatic carbocycles. The van der Waals surface area contributed by atoms with Crippen molar-refractivity contribution in [2.24, 2.45) is 11.3 Å². The van der Waals surface area contributed by atoms with Crippen molar-refractivity contribution in [2.45, 2.75) is 58.3 Å². The summed E-state index contributed by atoms with van der Waals surface area (Å²) in [5.41, 5.74) is -1.38. The largest absolute Gasteiger partial charge is 0.493 e. The number of hydrogen-bond acceptors (Lipinski definition) is 3. The van der Waals surface area contributed by atoms with Crippen LogP contribution in [0.15, 0.2) is 11.8 Å². The Hall–Kier alpha value is -0.540. The molecule has 3 nitrogen and oxygen atoms in total. The number of rotatable bonds is 2. The molecule has 0 bridgehead atoms. The topological polar surface area (TPSA) is 49.7 Å². The second kappa shape index (κ2) is 3.47. The first-order valence-electron chi connectivity index (χ1n) is 6.11. The molecule has 0 unspecified atom stereocenters. The van der Waals surface area contributed by atoms with E-state index in [4.69, 9.17) is 4.74 Å². The maximum absolute atomic E-state index is 10.7. The molecule has 3 heteroatoms. The second-order valence-electron chi connectivity index (χ2n) is 5.80. The van der Waals surface area contributed by atoms with Gasteiger partial charge < -0.3 is 14.9 Å². The second-order valence-corrected chi connectivity index (χ2v) is 5.80. The van der Waals surface area contributed by atoms with Gasteiger partial charge in [-0.05, 0) is 38.7 Å². The fraction of sp³-hybridized carbons (Fsp3) is 0.846. The number of ether oxygens (including phenoxy) is 1. The molecule has 4 atom stereocenters. The van der Waals surface area contributed by atoms with Gasteiger partial charge in [-0.1, -0.05) is 13.8 Å². The normalized spacial score (nSPS) is 47.1. The minimum Gasteiger partial charge on any atom is -0.493 e. The van der Waals surface area contributed by atoms with Crippen LogP contribution in [-0.4, -0.2) is 28.0 Å². The van der Waals surface area contributed by atoms with Gasteiger partial charge in [0.1, 0.15) is 11.9 Å². The number of aliphatic hydroxyl groups excluding tert-OH is 1. The fourth-order valence-corrected chi connectivity index (χ4v) is 3.14. The highest BCUT2D eigenvalue weighted by Crippen LogP contribution is 2.58. The average Bonchev–Trinajstić information content (AvgIpc) is 2.51. The fourth-order valence-electron chi connectivity index (χ4n) is 3.14. The van der Waals surface area contributed by atoms with E-state index < -0.39 is 17.1 Å². The molecule has 92 valence electrons. The molecule has 0 radical (unpaired) electrons. The first-order chi connectivity index (χ1) is 7.31. The summed E-state index contributed by atoms with van der Waals surface area (Å²) in [4.78, 5) is 0. The third kappa shape index (κ3) is 1.34. The van der Waals surface area contributed by atoms with Crippen molar-refractivity contribution in [3.63, 3.8) is 0 Å². The Morgan fingerprint density at radius 1 is 1.50 bits per heavy atom. The van der Waals surface area contributed by atoms with Gasteiger partial charge in [0.2, 0.25) is 0 Å². The molecule has 0 aromatic rings. The number of aliphatic hydroxyl groups is 2. The van der Waals surface area contributed by atoms with Gasteiger partial charge in [0.15, 0.2) is 0 Å². The standard InChI is InChI=1S/C13H22O3/c1-8(2)16-10-7-13(15)9(3)5-6-12(13,4)11(10)14/h7-9,11,14-15H,5-6H2,1-4H3/t9-,11-,12-,13+/m1/s1. The van der Waals surface area contributed by atoms with Crippen LogP contribution in [0.2, 0.25) is 0 Å². The van der Waals surface area contributed by atoms with Crippen molar-refractivity contribution in [1.29, 1.82) is 0 Å². The highest BCUT2D eigenvalue weighted by molar-refractivity contribution is 5.31. The molecule has 0 amide bonds. The van der Waals surface area contributed by atoms with Gasteiger partial charge >= 0.3 is 0 Å². The lowest BCUT2D eigenvalue weighted by atomic mass is 9.74. The van der Waals surface area contributed by atoms with E-state index in [0.29, 0.717) is 5.76 Å². The van der Waals surface area contributed by atoms with Gasteiger partial charge in [-0.15, -0.1) is 0 Å². The molecule has 0 aromatic heterocycles.